The lowest BCUT2D eigenvalue weighted by atomic mass is 10.0. The molecule has 0 fully saturated rings. The summed E-state index contributed by atoms with van der Waals surface area (Å²) in [6.07, 6.45) is 27.4. The monoisotopic (exact) mass is 360 g/mol. The fourth-order valence-electron chi connectivity index (χ4n) is 3.71. The average Bonchev–Trinajstić information content (AvgIpc) is 2.65. The second-order valence-electron chi connectivity index (χ2n) is 8.45. The van der Waals surface area contributed by atoms with Gasteiger partial charge >= 0.3 is 0 Å². The Hall–Kier alpha value is -0.850. The van der Waals surface area contributed by atoms with Gasteiger partial charge in [-0.15, -0.1) is 0 Å². The van der Waals surface area contributed by atoms with Crippen molar-refractivity contribution in [1.29, 1.82) is 0 Å². The predicted molar refractivity (Wildman–Crippen MR) is 116 cm³/mol. The maximum Gasteiger partial charge on any atom is 0.172 e. The molecule has 0 saturated heterocycles. The Morgan fingerprint density at radius 2 is 1.15 bits per heavy atom. The van der Waals surface area contributed by atoms with Gasteiger partial charge in [-0.1, -0.05) is 96.8 Å². The Bertz CT molecular complexity index is 424. The van der Waals surface area contributed by atoms with Crippen LogP contribution in [0.3, 0.4) is 0 Å². The first-order chi connectivity index (χ1) is 12.7. The molecule has 1 heteroatoms. The van der Waals surface area contributed by atoms with Crippen LogP contribution in [0.5, 0.6) is 0 Å². The Morgan fingerprint density at radius 3 is 1.62 bits per heavy atom. The van der Waals surface area contributed by atoms with Crippen molar-refractivity contribution < 1.29 is 4.57 Å². The van der Waals surface area contributed by atoms with Crippen molar-refractivity contribution in [2.75, 3.05) is 0 Å². The van der Waals surface area contributed by atoms with Gasteiger partial charge in [-0.3, -0.25) is 0 Å². The van der Waals surface area contributed by atoms with Crippen LogP contribution in [0.1, 0.15) is 129 Å². The summed E-state index contributed by atoms with van der Waals surface area (Å²) >= 11 is 0. The smallest absolute Gasteiger partial charge is 0.172 e. The molecule has 0 N–H and O–H groups in total. The number of unbranched alkanes of at least 4 members (excludes halogenated alkanes) is 14. The third-order valence-corrected chi connectivity index (χ3v) is 5.55. The van der Waals surface area contributed by atoms with Gasteiger partial charge in [-0.2, -0.15) is 0 Å². The molecule has 1 aromatic heterocycles. The molecule has 0 spiro atoms. The molecule has 0 radical (unpaired) electrons. The molecule has 0 unspecified atom stereocenters. The van der Waals surface area contributed by atoms with Gasteiger partial charge in [0, 0.05) is 11.6 Å². The number of pyridine rings is 1. The van der Waals surface area contributed by atoms with Crippen LogP contribution in [0, 0.1) is 0 Å². The third-order valence-electron chi connectivity index (χ3n) is 5.55. The van der Waals surface area contributed by atoms with Gasteiger partial charge in [0.15, 0.2) is 18.4 Å². The third kappa shape index (κ3) is 12.5. The largest absolute Gasteiger partial charge is 0.203 e. The van der Waals surface area contributed by atoms with Crippen LogP contribution in [0.4, 0.5) is 0 Å². The van der Waals surface area contributed by atoms with E-state index < -0.39 is 0 Å². The van der Waals surface area contributed by atoms with Crippen LogP contribution in [0.25, 0.3) is 0 Å². The van der Waals surface area contributed by atoms with E-state index in [-0.39, 0.29) is 0 Å². The molecule has 0 atom stereocenters. The summed E-state index contributed by atoms with van der Waals surface area (Å²) in [5.41, 5.74) is 1.50. The summed E-state index contributed by atoms with van der Waals surface area (Å²) in [6, 6.07) is 5.04. The van der Waals surface area contributed by atoms with E-state index in [1.54, 1.807) is 0 Å². The van der Waals surface area contributed by atoms with E-state index in [0.29, 0.717) is 6.04 Å². The molecular formula is C25H46N+. The second-order valence-corrected chi connectivity index (χ2v) is 8.45. The van der Waals surface area contributed by atoms with E-state index in [9.17, 15) is 0 Å². The lowest BCUT2D eigenvalue weighted by Crippen LogP contribution is -2.35. The molecule has 26 heavy (non-hydrogen) atoms. The summed E-state index contributed by atoms with van der Waals surface area (Å²) < 4.78 is 2.32. The first-order valence-corrected chi connectivity index (χ1v) is 11.7. The van der Waals surface area contributed by atoms with Crippen molar-refractivity contribution in [2.24, 2.45) is 0 Å². The van der Waals surface area contributed by atoms with Gasteiger partial charge in [0.1, 0.15) is 0 Å². The van der Waals surface area contributed by atoms with Crippen LogP contribution in [-0.4, -0.2) is 0 Å². The summed E-state index contributed by atoms with van der Waals surface area (Å²) in [4.78, 5) is 0. The minimum atomic E-state index is 0.566. The SMILES string of the molecule is CCCCCCCCCCCCCCCCCc1ccc[n+](C(C)C)c1. The van der Waals surface area contributed by atoms with Crippen molar-refractivity contribution in [3.05, 3.63) is 30.1 Å². The van der Waals surface area contributed by atoms with Crippen LogP contribution in [0.2, 0.25) is 0 Å². The number of aryl methyl sites for hydroxylation is 1. The normalized spacial score (nSPS) is 11.4. The highest BCUT2D eigenvalue weighted by Crippen LogP contribution is 2.14. The van der Waals surface area contributed by atoms with Crippen LogP contribution in [0.15, 0.2) is 24.5 Å². The average molecular weight is 361 g/mol. The first-order valence-electron chi connectivity index (χ1n) is 11.7. The zero-order chi connectivity index (χ0) is 18.9. The van der Waals surface area contributed by atoms with E-state index in [2.05, 4.69) is 49.9 Å². The molecule has 1 heterocycles. The standard InChI is InChI=1S/C25H46N/c1-4-5-6-7-8-9-10-11-12-13-14-15-16-17-18-20-25-21-19-22-26(23-25)24(2)3/h19,21-24H,4-18,20H2,1-3H3/q+1. The Balaban J connectivity index is 1.84. The molecule has 0 saturated carbocycles. The van der Waals surface area contributed by atoms with Crippen molar-refractivity contribution in [1.82, 2.24) is 0 Å². The molecule has 1 aromatic rings. The van der Waals surface area contributed by atoms with Gasteiger partial charge in [-0.05, 0) is 32.8 Å². The van der Waals surface area contributed by atoms with Gasteiger partial charge < -0.3 is 0 Å². The van der Waals surface area contributed by atoms with Crippen molar-refractivity contribution in [3.63, 3.8) is 0 Å². The minimum Gasteiger partial charge on any atom is -0.203 e. The number of nitrogens with zero attached hydrogens (tertiary/aromatic N) is 1. The molecule has 0 bridgehead atoms. The quantitative estimate of drug-likeness (QED) is 0.196. The summed E-state index contributed by atoms with van der Waals surface area (Å²) in [6.45, 7) is 6.79. The van der Waals surface area contributed by atoms with Crippen molar-refractivity contribution in [2.45, 2.75) is 130 Å². The molecule has 1 nitrogen and oxygen atoms in total. The van der Waals surface area contributed by atoms with Crippen molar-refractivity contribution >= 4 is 0 Å². The lowest BCUT2D eigenvalue weighted by Gasteiger charge is -2.04. The number of hydrogen-bond donors (Lipinski definition) is 0. The van der Waals surface area contributed by atoms with E-state index in [0.717, 1.165) is 0 Å². The molecule has 0 aliphatic heterocycles. The zero-order valence-corrected chi connectivity index (χ0v) is 18.1. The predicted octanol–water partition coefficient (Wildman–Crippen LogP) is 7.97. The van der Waals surface area contributed by atoms with Crippen LogP contribution in [-0.2, 0) is 6.42 Å². The number of hydrogen-bond acceptors (Lipinski definition) is 0. The fraction of sp³-hybridized carbons (Fsp3) is 0.800. The Kier molecular flexibility index (Phi) is 14.6. The van der Waals surface area contributed by atoms with E-state index in [1.807, 2.05) is 0 Å². The molecule has 0 aliphatic rings. The van der Waals surface area contributed by atoms with E-state index in [4.69, 9.17) is 0 Å². The number of rotatable bonds is 17. The minimum absolute atomic E-state index is 0.566. The maximum absolute atomic E-state index is 2.33. The fourth-order valence-corrected chi connectivity index (χ4v) is 3.71. The molecule has 0 aromatic carbocycles. The van der Waals surface area contributed by atoms with E-state index >= 15 is 0 Å². The maximum atomic E-state index is 2.33. The highest BCUT2D eigenvalue weighted by atomic mass is 15.0. The lowest BCUT2D eigenvalue weighted by molar-refractivity contribution is -0.716. The Morgan fingerprint density at radius 1 is 0.692 bits per heavy atom. The second kappa shape index (κ2) is 16.3. The van der Waals surface area contributed by atoms with Gasteiger partial charge in [-0.25, -0.2) is 4.57 Å². The molecule has 150 valence electrons. The van der Waals surface area contributed by atoms with Gasteiger partial charge in [0.25, 0.3) is 0 Å². The van der Waals surface area contributed by atoms with Gasteiger partial charge in [0.2, 0.25) is 0 Å². The molecule has 0 amide bonds. The highest BCUT2D eigenvalue weighted by molar-refractivity contribution is 5.05. The van der Waals surface area contributed by atoms with E-state index in [1.165, 1.54) is 108 Å². The summed E-state index contributed by atoms with van der Waals surface area (Å²) in [5, 5.41) is 0. The zero-order valence-electron chi connectivity index (χ0n) is 18.1. The summed E-state index contributed by atoms with van der Waals surface area (Å²) in [5.74, 6) is 0. The topological polar surface area (TPSA) is 3.88 Å². The number of aromatic nitrogens is 1. The molecule has 1 rings (SSSR count). The Labute approximate surface area is 164 Å². The highest BCUT2D eigenvalue weighted by Gasteiger charge is 2.06. The van der Waals surface area contributed by atoms with Gasteiger partial charge in [0.05, 0.1) is 0 Å². The van der Waals surface area contributed by atoms with Crippen molar-refractivity contribution in [3.8, 4) is 0 Å². The molecular weight excluding hydrogens is 314 g/mol. The first kappa shape index (κ1) is 23.2. The summed E-state index contributed by atoms with van der Waals surface area (Å²) in [7, 11) is 0. The van der Waals surface area contributed by atoms with Crippen LogP contribution >= 0.6 is 0 Å². The van der Waals surface area contributed by atoms with Crippen LogP contribution < -0.4 is 4.57 Å². The molecule has 0 aliphatic carbocycles.